The monoisotopic (exact) mass is 453 g/mol. The number of amides is 1. The number of thiazole rings is 1. The number of alkyl halides is 3. The highest BCUT2D eigenvalue weighted by Crippen LogP contribution is 2.27. The fourth-order valence-corrected chi connectivity index (χ4v) is 2.92. The fraction of sp³-hybridized carbons (Fsp3) is 0.333. The second-order valence-electron chi connectivity index (χ2n) is 5.07. The Morgan fingerprint density at radius 1 is 1.38 bits per heavy atom. The molecule has 2 rings (SSSR count). The minimum absolute atomic E-state index is 0. The van der Waals surface area contributed by atoms with Crippen molar-refractivity contribution >= 4 is 23.2 Å². The van der Waals surface area contributed by atoms with Crippen LogP contribution in [0.2, 0.25) is 0 Å². The number of aryl methyl sites for hydroxylation is 1. The van der Waals surface area contributed by atoms with E-state index < -0.39 is 24.6 Å². The van der Waals surface area contributed by atoms with Crippen LogP contribution in [0.1, 0.15) is 15.4 Å². The lowest BCUT2D eigenvalue weighted by molar-refractivity contribution is -0.685. The zero-order valence-electron chi connectivity index (χ0n) is 13.8. The van der Waals surface area contributed by atoms with Gasteiger partial charge < -0.3 is 27.0 Å². The number of nitrogens with zero attached hydrogens (tertiary/aromatic N) is 2. The molecule has 0 bridgehead atoms. The number of ether oxygens (including phenoxy) is 1. The van der Waals surface area contributed by atoms with E-state index in [-0.39, 0.29) is 28.4 Å². The number of aromatic nitrogens is 2. The predicted molar refractivity (Wildman–Crippen MR) is 82.9 cm³/mol. The minimum Gasteiger partial charge on any atom is -1.00 e. The number of methoxy groups -OCH3 is 1. The second kappa shape index (κ2) is 9.08. The van der Waals surface area contributed by atoms with Gasteiger partial charge in [-0.1, -0.05) is 0 Å². The standard InChI is InChI=1S/C15H14F3N3O3S.BrH/c1-9-12(13(23)19-8-15(16,17)18)25-14(20-9)10-4-3-5-21(6-10)7-11(22)24-2;/h3-6H,7-8H2,1-2H3;1H. The van der Waals surface area contributed by atoms with Crippen molar-refractivity contribution in [2.45, 2.75) is 19.6 Å². The highest BCUT2D eigenvalue weighted by molar-refractivity contribution is 7.17. The van der Waals surface area contributed by atoms with Crippen molar-refractivity contribution in [3.05, 3.63) is 35.1 Å². The second-order valence-corrected chi connectivity index (χ2v) is 6.07. The van der Waals surface area contributed by atoms with Crippen molar-refractivity contribution in [1.29, 1.82) is 0 Å². The van der Waals surface area contributed by atoms with Crippen LogP contribution in [0.4, 0.5) is 13.2 Å². The largest absolute Gasteiger partial charge is 1.00 e. The highest BCUT2D eigenvalue weighted by Gasteiger charge is 2.29. The summed E-state index contributed by atoms with van der Waals surface area (Å²) in [6, 6.07) is 3.42. The minimum atomic E-state index is -4.48. The molecule has 2 aromatic rings. The number of hydrogen-bond acceptors (Lipinski definition) is 5. The van der Waals surface area contributed by atoms with E-state index in [1.165, 1.54) is 7.11 Å². The van der Waals surface area contributed by atoms with E-state index in [0.29, 0.717) is 16.3 Å². The molecule has 11 heteroatoms. The zero-order chi connectivity index (χ0) is 18.6. The number of nitrogens with one attached hydrogen (secondary N) is 1. The Bertz CT molecular complexity index is 796. The lowest BCUT2D eigenvalue weighted by Gasteiger charge is -2.07. The average molecular weight is 454 g/mol. The Labute approximate surface area is 161 Å². The van der Waals surface area contributed by atoms with Gasteiger partial charge in [0.2, 0.25) is 6.54 Å². The maximum atomic E-state index is 12.2. The third kappa shape index (κ3) is 6.06. The Morgan fingerprint density at radius 3 is 2.69 bits per heavy atom. The lowest BCUT2D eigenvalue weighted by atomic mass is 10.3. The van der Waals surface area contributed by atoms with Crippen molar-refractivity contribution < 1.29 is 49.0 Å². The van der Waals surface area contributed by atoms with Gasteiger partial charge in [0, 0.05) is 6.07 Å². The van der Waals surface area contributed by atoms with E-state index in [4.69, 9.17) is 0 Å². The zero-order valence-corrected chi connectivity index (χ0v) is 16.2. The molecule has 2 heterocycles. The number of hydrogen-bond donors (Lipinski definition) is 1. The predicted octanol–water partition coefficient (Wildman–Crippen LogP) is -1.12. The van der Waals surface area contributed by atoms with Gasteiger partial charge in [-0.15, -0.1) is 11.3 Å². The third-order valence-electron chi connectivity index (χ3n) is 3.10. The number of rotatable bonds is 5. The smallest absolute Gasteiger partial charge is 0.405 e. The number of pyridine rings is 1. The molecule has 6 nitrogen and oxygen atoms in total. The van der Waals surface area contributed by atoms with Crippen LogP contribution in [-0.2, 0) is 16.1 Å². The van der Waals surface area contributed by atoms with Gasteiger partial charge in [0.15, 0.2) is 12.4 Å². The maximum absolute atomic E-state index is 12.2. The van der Waals surface area contributed by atoms with Crippen LogP contribution in [0.25, 0.3) is 10.6 Å². The summed E-state index contributed by atoms with van der Waals surface area (Å²) in [4.78, 5) is 27.6. The molecule has 142 valence electrons. The quantitative estimate of drug-likeness (QED) is 0.459. The molecule has 1 amide bonds. The Morgan fingerprint density at radius 2 is 2.08 bits per heavy atom. The van der Waals surface area contributed by atoms with Gasteiger partial charge in [0.1, 0.15) is 16.4 Å². The summed E-state index contributed by atoms with van der Waals surface area (Å²) in [6.07, 6.45) is -1.17. The van der Waals surface area contributed by atoms with E-state index in [9.17, 15) is 22.8 Å². The first-order valence-corrected chi connectivity index (χ1v) is 7.90. The first kappa shape index (κ1) is 22.0. The molecule has 2 aromatic heterocycles. The Balaban J connectivity index is 0.00000338. The topological polar surface area (TPSA) is 72.2 Å². The van der Waals surface area contributed by atoms with Crippen molar-refractivity contribution in [1.82, 2.24) is 10.3 Å². The van der Waals surface area contributed by atoms with Gasteiger partial charge in [0.25, 0.3) is 5.91 Å². The third-order valence-corrected chi connectivity index (χ3v) is 4.30. The van der Waals surface area contributed by atoms with E-state index in [1.54, 1.807) is 36.0 Å². The van der Waals surface area contributed by atoms with Gasteiger partial charge >= 0.3 is 12.1 Å². The molecule has 0 atom stereocenters. The molecule has 0 radical (unpaired) electrons. The van der Waals surface area contributed by atoms with Crippen LogP contribution < -0.4 is 26.9 Å². The molecule has 0 aromatic carbocycles. The molecular weight excluding hydrogens is 439 g/mol. The summed E-state index contributed by atoms with van der Waals surface area (Å²) in [5, 5.41) is 2.30. The molecule has 0 aliphatic rings. The maximum Gasteiger partial charge on any atom is 0.405 e. The van der Waals surface area contributed by atoms with Gasteiger partial charge in [-0.05, 0) is 13.0 Å². The molecule has 0 fully saturated rings. The normalized spacial score (nSPS) is 10.8. The van der Waals surface area contributed by atoms with Crippen molar-refractivity contribution in [3.63, 3.8) is 0 Å². The first-order valence-electron chi connectivity index (χ1n) is 7.08. The Kier molecular flexibility index (Phi) is 7.69. The van der Waals surface area contributed by atoms with Gasteiger partial charge in [-0.25, -0.2) is 9.78 Å². The first-order chi connectivity index (χ1) is 11.7. The van der Waals surface area contributed by atoms with Crippen molar-refractivity contribution in [3.8, 4) is 10.6 Å². The lowest BCUT2D eigenvalue weighted by Crippen LogP contribution is -3.00. The summed E-state index contributed by atoms with van der Waals surface area (Å²) < 4.78 is 42.8. The van der Waals surface area contributed by atoms with E-state index in [0.717, 1.165) is 11.3 Å². The number of carbonyl (C=O) groups is 2. The summed E-state index contributed by atoms with van der Waals surface area (Å²) in [5.41, 5.74) is 0.970. The molecule has 0 aliphatic carbocycles. The van der Waals surface area contributed by atoms with Crippen LogP contribution in [0.5, 0.6) is 0 Å². The molecule has 0 unspecified atom stereocenters. The van der Waals surface area contributed by atoms with E-state index in [1.807, 2.05) is 5.32 Å². The number of carbonyl (C=O) groups excluding carboxylic acids is 2. The van der Waals surface area contributed by atoms with Gasteiger partial charge in [-0.3, -0.25) is 4.79 Å². The van der Waals surface area contributed by atoms with Crippen molar-refractivity contribution in [2.75, 3.05) is 13.7 Å². The molecular formula is C15H15BrF3N3O3S. The van der Waals surface area contributed by atoms with E-state index >= 15 is 0 Å². The van der Waals surface area contributed by atoms with Crippen LogP contribution in [0.3, 0.4) is 0 Å². The fourth-order valence-electron chi connectivity index (χ4n) is 1.95. The van der Waals surface area contributed by atoms with Crippen LogP contribution in [-0.4, -0.2) is 36.7 Å². The van der Waals surface area contributed by atoms with Crippen molar-refractivity contribution in [2.24, 2.45) is 0 Å². The van der Waals surface area contributed by atoms with Gasteiger partial charge in [0.05, 0.1) is 18.4 Å². The SMILES string of the molecule is COC(=O)C[n+]1cccc(-c2nc(C)c(C(=O)NCC(F)(F)F)s2)c1.[Br-]. The molecule has 0 saturated carbocycles. The summed E-state index contributed by atoms with van der Waals surface area (Å²) >= 11 is 0.985. The number of halogens is 4. The van der Waals surface area contributed by atoms with E-state index in [2.05, 4.69) is 9.72 Å². The molecule has 0 aliphatic heterocycles. The summed E-state index contributed by atoms with van der Waals surface area (Å²) in [5.74, 6) is -1.25. The molecule has 0 saturated heterocycles. The Hall–Kier alpha value is -2.01. The molecule has 26 heavy (non-hydrogen) atoms. The van der Waals surface area contributed by atoms with Crippen LogP contribution in [0.15, 0.2) is 24.5 Å². The average Bonchev–Trinajstić information content (AvgIpc) is 2.94. The summed E-state index contributed by atoms with van der Waals surface area (Å²) in [6.45, 7) is 0.157. The number of esters is 1. The molecule has 1 N–H and O–H groups in total. The highest BCUT2D eigenvalue weighted by atomic mass is 79.9. The molecule has 0 spiro atoms. The van der Waals surface area contributed by atoms with Crippen LogP contribution >= 0.6 is 11.3 Å². The summed E-state index contributed by atoms with van der Waals surface area (Å²) in [7, 11) is 1.28. The van der Waals surface area contributed by atoms with Crippen LogP contribution in [0, 0.1) is 6.92 Å². The van der Waals surface area contributed by atoms with Gasteiger partial charge in [-0.2, -0.15) is 17.7 Å².